The van der Waals surface area contributed by atoms with Gasteiger partial charge in [0, 0.05) is 24.7 Å². The van der Waals surface area contributed by atoms with E-state index in [9.17, 15) is 14.7 Å². The number of benzene rings is 2. The molecule has 0 saturated carbocycles. The summed E-state index contributed by atoms with van der Waals surface area (Å²) in [5.74, 6) is 1.09. The van der Waals surface area contributed by atoms with Crippen LogP contribution in [0.3, 0.4) is 0 Å². The lowest BCUT2D eigenvalue weighted by molar-refractivity contribution is -0.128. The molecule has 154 valence electrons. The van der Waals surface area contributed by atoms with Crippen molar-refractivity contribution in [3.05, 3.63) is 54.1 Å². The maximum atomic E-state index is 12.7. The zero-order chi connectivity index (χ0) is 20.8. The van der Waals surface area contributed by atoms with E-state index in [0.29, 0.717) is 43.0 Å². The van der Waals surface area contributed by atoms with E-state index in [2.05, 4.69) is 5.32 Å². The van der Waals surface area contributed by atoms with Gasteiger partial charge in [-0.3, -0.25) is 9.59 Å². The molecule has 2 aromatic rings. The van der Waals surface area contributed by atoms with Crippen molar-refractivity contribution < 1.29 is 24.2 Å². The summed E-state index contributed by atoms with van der Waals surface area (Å²) < 4.78 is 10.8. The lowest BCUT2D eigenvalue weighted by Gasteiger charge is -2.33. The average Bonchev–Trinajstić information content (AvgIpc) is 2.75. The van der Waals surface area contributed by atoms with Crippen molar-refractivity contribution in [2.45, 2.75) is 31.9 Å². The number of nitrogens with zero attached hydrogens (tertiary/aromatic N) is 1. The molecule has 0 aromatic heterocycles. The highest BCUT2D eigenvalue weighted by atomic mass is 16.5. The molecule has 2 amide bonds. The van der Waals surface area contributed by atoms with E-state index >= 15 is 0 Å². The Bertz CT molecular complexity index is 845. The van der Waals surface area contributed by atoms with Gasteiger partial charge in [-0.25, -0.2) is 0 Å². The Morgan fingerprint density at radius 1 is 1.10 bits per heavy atom. The van der Waals surface area contributed by atoms with Crippen LogP contribution in [0.4, 0.5) is 0 Å². The van der Waals surface area contributed by atoms with Crippen molar-refractivity contribution in [2.75, 3.05) is 20.2 Å². The van der Waals surface area contributed by atoms with Gasteiger partial charge >= 0.3 is 0 Å². The molecule has 0 spiro atoms. The summed E-state index contributed by atoms with van der Waals surface area (Å²) in [5.41, 5.74) is 0.600. The first-order valence-corrected chi connectivity index (χ1v) is 9.65. The second-order valence-electron chi connectivity index (χ2n) is 7.06. The normalized spacial score (nSPS) is 15.4. The van der Waals surface area contributed by atoms with Crippen molar-refractivity contribution in [1.82, 2.24) is 10.2 Å². The minimum Gasteiger partial charge on any atom is -0.508 e. The Kier molecular flexibility index (Phi) is 6.59. The number of phenolic OH excluding ortho intramolecular Hbond substituents is 1. The highest BCUT2D eigenvalue weighted by Gasteiger charge is 2.26. The molecule has 1 heterocycles. The van der Waals surface area contributed by atoms with E-state index in [1.807, 2.05) is 0 Å². The SMILES string of the molecule is COc1cccc(C(=O)N2CCC(NC(=O)C(C)Oc3ccc(O)cc3)CC2)c1. The van der Waals surface area contributed by atoms with Crippen molar-refractivity contribution in [3.63, 3.8) is 0 Å². The summed E-state index contributed by atoms with van der Waals surface area (Å²) in [7, 11) is 1.57. The fraction of sp³-hybridized carbons (Fsp3) is 0.364. The van der Waals surface area contributed by atoms with Gasteiger partial charge in [0.25, 0.3) is 11.8 Å². The maximum Gasteiger partial charge on any atom is 0.260 e. The Morgan fingerprint density at radius 3 is 2.45 bits per heavy atom. The lowest BCUT2D eigenvalue weighted by Crippen LogP contribution is -2.49. The van der Waals surface area contributed by atoms with Crippen molar-refractivity contribution in [1.29, 1.82) is 0 Å². The molecule has 0 aliphatic carbocycles. The highest BCUT2D eigenvalue weighted by Crippen LogP contribution is 2.19. The molecule has 3 rings (SSSR count). The van der Waals surface area contributed by atoms with Crippen LogP contribution < -0.4 is 14.8 Å². The number of likely N-dealkylation sites (tertiary alicyclic amines) is 1. The predicted octanol–water partition coefficient (Wildman–Crippen LogP) is 2.59. The van der Waals surface area contributed by atoms with Gasteiger partial charge in [0.2, 0.25) is 0 Å². The molecule has 2 aromatic carbocycles. The Hall–Kier alpha value is -3.22. The third-order valence-corrected chi connectivity index (χ3v) is 4.96. The van der Waals surface area contributed by atoms with Gasteiger partial charge in [0.05, 0.1) is 7.11 Å². The molecule has 1 saturated heterocycles. The van der Waals surface area contributed by atoms with Crippen LogP contribution in [0, 0.1) is 0 Å². The summed E-state index contributed by atoms with van der Waals surface area (Å²) in [6.45, 7) is 2.84. The third-order valence-electron chi connectivity index (χ3n) is 4.96. The van der Waals surface area contributed by atoms with Crippen LogP contribution in [-0.2, 0) is 4.79 Å². The van der Waals surface area contributed by atoms with Crippen LogP contribution in [0.15, 0.2) is 48.5 Å². The van der Waals surface area contributed by atoms with Crippen LogP contribution in [-0.4, -0.2) is 54.2 Å². The number of carbonyl (C=O) groups is 2. The molecule has 1 aliphatic rings. The minimum absolute atomic E-state index is 0.00253. The monoisotopic (exact) mass is 398 g/mol. The Balaban J connectivity index is 1.48. The second-order valence-corrected chi connectivity index (χ2v) is 7.06. The van der Waals surface area contributed by atoms with Gasteiger partial charge in [-0.15, -0.1) is 0 Å². The van der Waals surface area contributed by atoms with Crippen molar-refractivity contribution in [3.8, 4) is 17.2 Å². The first-order valence-electron chi connectivity index (χ1n) is 9.65. The largest absolute Gasteiger partial charge is 0.508 e. The molecule has 7 nitrogen and oxygen atoms in total. The van der Waals surface area contributed by atoms with E-state index in [0.717, 1.165) is 0 Å². The van der Waals surface area contributed by atoms with Crippen LogP contribution in [0.2, 0.25) is 0 Å². The van der Waals surface area contributed by atoms with E-state index in [1.165, 1.54) is 12.1 Å². The number of methoxy groups -OCH3 is 1. The number of nitrogens with one attached hydrogen (secondary N) is 1. The van der Waals surface area contributed by atoms with Gasteiger partial charge in [-0.1, -0.05) is 6.07 Å². The molecule has 2 N–H and O–H groups in total. The maximum absolute atomic E-state index is 12.7. The predicted molar refractivity (Wildman–Crippen MR) is 108 cm³/mol. The van der Waals surface area contributed by atoms with Crippen LogP contribution >= 0.6 is 0 Å². The van der Waals surface area contributed by atoms with Gasteiger partial charge in [0.15, 0.2) is 6.10 Å². The summed E-state index contributed by atoms with van der Waals surface area (Å²) in [4.78, 5) is 26.9. The zero-order valence-electron chi connectivity index (χ0n) is 16.6. The van der Waals surface area contributed by atoms with Crippen LogP contribution in [0.1, 0.15) is 30.1 Å². The highest BCUT2D eigenvalue weighted by molar-refractivity contribution is 5.94. The molecular formula is C22H26N2O5. The first kappa shape index (κ1) is 20.5. The third kappa shape index (κ3) is 5.40. The molecule has 1 atom stereocenters. The van der Waals surface area contributed by atoms with Gasteiger partial charge in [-0.05, 0) is 62.2 Å². The van der Waals surface area contributed by atoms with E-state index in [1.54, 1.807) is 55.3 Å². The second kappa shape index (κ2) is 9.32. The molecule has 7 heteroatoms. The van der Waals surface area contributed by atoms with Crippen molar-refractivity contribution in [2.24, 2.45) is 0 Å². The lowest BCUT2D eigenvalue weighted by atomic mass is 10.0. The number of hydrogen-bond donors (Lipinski definition) is 2. The number of piperidine rings is 1. The minimum atomic E-state index is -0.656. The van der Waals surface area contributed by atoms with Gasteiger partial charge in [-0.2, -0.15) is 0 Å². The fourth-order valence-electron chi connectivity index (χ4n) is 3.27. The molecule has 0 bridgehead atoms. The average molecular weight is 398 g/mol. The van der Waals surface area contributed by atoms with Gasteiger partial charge in [0.1, 0.15) is 17.2 Å². The summed E-state index contributed by atoms with van der Waals surface area (Å²) in [5, 5.41) is 12.3. The standard InChI is InChI=1S/C22H26N2O5/c1-15(29-19-8-6-18(25)7-9-19)21(26)23-17-10-12-24(13-11-17)22(27)16-4-3-5-20(14-16)28-2/h3-9,14-15,17,25H,10-13H2,1-2H3,(H,23,26). The summed E-state index contributed by atoms with van der Waals surface area (Å²) >= 11 is 0. The summed E-state index contributed by atoms with van der Waals surface area (Å²) in [6, 6.07) is 13.4. The molecule has 1 fully saturated rings. The Labute approximate surface area is 170 Å². The van der Waals surface area contributed by atoms with E-state index in [4.69, 9.17) is 9.47 Å². The molecule has 29 heavy (non-hydrogen) atoms. The molecular weight excluding hydrogens is 372 g/mol. The number of phenols is 1. The molecule has 1 unspecified atom stereocenters. The van der Waals surface area contributed by atoms with Crippen LogP contribution in [0.5, 0.6) is 17.2 Å². The van der Waals surface area contributed by atoms with E-state index in [-0.39, 0.29) is 23.6 Å². The smallest absolute Gasteiger partial charge is 0.260 e. The molecule has 1 aliphatic heterocycles. The molecule has 0 radical (unpaired) electrons. The van der Waals surface area contributed by atoms with Crippen LogP contribution in [0.25, 0.3) is 0 Å². The van der Waals surface area contributed by atoms with E-state index < -0.39 is 6.10 Å². The summed E-state index contributed by atoms with van der Waals surface area (Å²) in [6.07, 6.45) is 0.719. The number of aromatic hydroxyl groups is 1. The number of ether oxygens (including phenoxy) is 2. The quantitative estimate of drug-likeness (QED) is 0.781. The first-order chi connectivity index (χ1) is 14.0. The topological polar surface area (TPSA) is 88.1 Å². The number of carbonyl (C=O) groups excluding carboxylic acids is 2. The Morgan fingerprint density at radius 2 is 1.79 bits per heavy atom. The number of hydrogen-bond acceptors (Lipinski definition) is 5. The van der Waals surface area contributed by atoms with Gasteiger partial charge < -0.3 is 24.8 Å². The fourth-order valence-corrected chi connectivity index (χ4v) is 3.27. The van der Waals surface area contributed by atoms with Crippen molar-refractivity contribution >= 4 is 11.8 Å². The number of amides is 2. The number of rotatable bonds is 6. The zero-order valence-corrected chi connectivity index (χ0v) is 16.6.